The first-order chi connectivity index (χ1) is 4.30. The van der Waals surface area contributed by atoms with Crippen LogP contribution in [0, 0.1) is 0 Å². The van der Waals surface area contributed by atoms with Crippen LogP contribution in [0.3, 0.4) is 0 Å². The predicted molar refractivity (Wildman–Crippen MR) is 35.4 cm³/mol. The van der Waals surface area contributed by atoms with Gasteiger partial charge in [-0.25, -0.2) is 0 Å². The number of pyridine rings is 1. The number of nitrogens with zero attached hydrogens (tertiary/aromatic N) is 1. The van der Waals surface area contributed by atoms with Gasteiger partial charge in [0.15, 0.2) is 5.43 Å². The third-order valence-corrected chi connectivity index (χ3v) is 1.60. The van der Waals surface area contributed by atoms with Crippen LogP contribution in [-0.4, -0.2) is 4.98 Å². The van der Waals surface area contributed by atoms with Gasteiger partial charge in [0.05, 0.1) is 15.8 Å². The summed E-state index contributed by atoms with van der Waals surface area (Å²) in [5, 5.41) is 1.78. The summed E-state index contributed by atoms with van der Waals surface area (Å²) in [6.07, 6.45) is 3.01. The first-order valence-electron chi connectivity index (χ1n) is 2.49. The van der Waals surface area contributed by atoms with E-state index in [2.05, 4.69) is 4.98 Å². The van der Waals surface area contributed by atoms with Crippen molar-refractivity contribution < 1.29 is 0 Å². The van der Waals surface area contributed by atoms with Gasteiger partial charge in [-0.2, -0.15) is 0 Å². The molecule has 0 aliphatic carbocycles. The Morgan fingerprint density at radius 2 is 2.22 bits per heavy atom. The number of halogens is 1. The largest absolute Gasteiger partial charge is 0.288 e. The summed E-state index contributed by atoms with van der Waals surface area (Å²) < 4.78 is 0. The van der Waals surface area contributed by atoms with Crippen molar-refractivity contribution >= 4 is 22.4 Å². The maximum absolute atomic E-state index is 10.6. The highest BCUT2D eigenvalue weighted by molar-refractivity contribution is 6.37. The second-order valence-corrected chi connectivity index (χ2v) is 2.28. The van der Waals surface area contributed by atoms with Crippen molar-refractivity contribution in [3.8, 4) is 0 Å². The van der Waals surface area contributed by atoms with Gasteiger partial charge in [-0.3, -0.25) is 9.78 Å². The zero-order valence-electron chi connectivity index (χ0n) is 4.39. The number of hydrogen-bond donors (Lipinski definition) is 0. The van der Waals surface area contributed by atoms with Crippen molar-refractivity contribution in [2.75, 3.05) is 0 Å². The Labute approximate surface area is 55.8 Å². The average molecular weight is 140 g/mol. The number of rotatable bonds is 0. The molecule has 1 aromatic carbocycles. The second kappa shape index (κ2) is 1.33. The van der Waals surface area contributed by atoms with Crippen molar-refractivity contribution in [1.82, 2.24) is 4.98 Å². The number of aromatic nitrogens is 1. The Balaban J connectivity index is 2.98. The Bertz CT molecular complexity index is 373. The van der Waals surface area contributed by atoms with E-state index >= 15 is 0 Å². The van der Waals surface area contributed by atoms with Crippen LogP contribution < -0.4 is 5.43 Å². The van der Waals surface area contributed by atoms with E-state index in [4.69, 9.17) is 11.6 Å². The highest BCUT2D eigenvalue weighted by Gasteiger charge is 2.14. The van der Waals surface area contributed by atoms with Crippen molar-refractivity contribution in [3.63, 3.8) is 0 Å². The van der Waals surface area contributed by atoms with E-state index in [0.29, 0.717) is 15.8 Å². The van der Waals surface area contributed by atoms with Crippen molar-refractivity contribution in [3.05, 3.63) is 27.6 Å². The van der Waals surface area contributed by atoms with Gasteiger partial charge in [0, 0.05) is 12.4 Å². The van der Waals surface area contributed by atoms with E-state index in [-0.39, 0.29) is 5.43 Å². The Morgan fingerprint density at radius 3 is 2.78 bits per heavy atom. The zero-order valence-corrected chi connectivity index (χ0v) is 5.14. The molecule has 0 radical (unpaired) electrons. The first kappa shape index (κ1) is 4.94. The van der Waals surface area contributed by atoms with E-state index in [0.717, 1.165) is 0 Å². The zero-order chi connectivity index (χ0) is 6.43. The molecule has 9 heavy (non-hydrogen) atoms. The maximum atomic E-state index is 10.6. The van der Waals surface area contributed by atoms with Crippen LogP contribution in [0.1, 0.15) is 0 Å². The van der Waals surface area contributed by atoms with Gasteiger partial charge in [0.2, 0.25) is 0 Å². The van der Waals surface area contributed by atoms with E-state index < -0.39 is 0 Å². The highest BCUT2D eigenvalue weighted by Crippen LogP contribution is 2.21. The molecular weight excluding hydrogens is 138 g/mol. The second-order valence-electron chi connectivity index (χ2n) is 1.87. The van der Waals surface area contributed by atoms with Gasteiger partial charge >= 0.3 is 0 Å². The van der Waals surface area contributed by atoms with E-state index in [1.165, 1.54) is 12.4 Å². The van der Waals surface area contributed by atoms with Gasteiger partial charge in [-0.05, 0) is 0 Å². The topological polar surface area (TPSA) is 30.0 Å². The van der Waals surface area contributed by atoms with Crippen LogP contribution in [-0.2, 0) is 0 Å². The summed E-state index contributed by atoms with van der Waals surface area (Å²) in [6.45, 7) is 0. The molecule has 0 atom stereocenters. The summed E-state index contributed by atoms with van der Waals surface area (Å²) in [5.74, 6) is 0. The molecule has 0 fully saturated rings. The van der Waals surface area contributed by atoms with Crippen molar-refractivity contribution in [2.24, 2.45) is 0 Å². The van der Waals surface area contributed by atoms with Gasteiger partial charge in [0.25, 0.3) is 0 Å². The van der Waals surface area contributed by atoms with Crippen LogP contribution in [0.2, 0.25) is 5.02 Å². The fourth-order valence-corrected chi connectivity index (χ4v) is 1.03. The quantitative estimate of drug-likeness (QED) is 0.548. The maximum Gasteiger partial charge on any atom is 0.197 e. The molecular formula is C6H2ClNO. The molecule has 0 bridgehead atoms. The molecule has 0 aliphatic rings. The third kappa shape index (κ3) is 0.508. The number of fused-ring (bicyclic) bond motifs is 1. The molecule has 0 aliphatic heterocycles. The molecule has 0 saturated heterocycles. The SMILES string of the molecule is O=c1c2cncc(Cl)c12. The predicted octanol–water partition coefficient (Wildman–Crippen LogP) is 1.12. The molecule has 0 saturated carbocycles. The van der Waals surface area contributed by atoms with Crippen LogP contribution in [0.15, 0.2) is 17.2 Å². The Kier molecular flexibility index (Phi) is 0.732. The molecule has 0 spiro atoms. The van der Waals surface area contributed by atoms with Gasteiger partial charge < -0.3 is 0 Å². The highest BCUT2D eigenvalue weighted by atomic mass is 35.5. The molecule has 3 heteroatoms. The van der Waals surface area contributed by atoms with Crippen LogP contribution in [0.5, 0.6) is 0 Å². The van der Waals surface area contributed by atoms with Gasteiger partial charge in [0.1, 0.15) is 0 Å². The van der Waals surface area contributed by atoms with Crippen molar-refractivity contribution in [1.29, 1.82) is 0 Å². The lowest BCUT2D eigenvalue weighted by molar-refractivity contribution is 1.38. The molecule has 2 aromatic rings. The minimum absolute atomic E-state index is 0.0394. The smallest absolute Gasteiger partial charge is 0.197 e. The average Bonchev–Trinajstić information content (AvgIpc) is 2.45. The summed E-state index contributed by atoms with van der Waals surface area (Å²) in [5.41, 5.74) is 0.0394. The minimum atomic E-state index is 0.0394. The van der Waals surface area contributed by atoms with Crippen molar-refractivity contribution in [2.45, 2.75) is 0 Å². The lowest BCUT2D eigenvalue weighted by Gasteiger charge is -1.77. The van der Waals surface area contributed by atoms with E-state index in [9.17, 15) is 4.79 Å². The molecule has 1 aromatic heterocycles. The fourth-order valence-electron chi connectivity index (χ4n) is 0.786. The normalized spacial score (nSPS) is 11.2. The third-order valence-electron chi connectivity index (χ3n) is 1.31. The summed E-state index contributed by atoms with van der Waals surface area (Å²) >= 11 is 5.57. The summed E-state index contributed by atoms with van der Waals surface area (Å²) in [4.78, 5) is 14.4. The molecule has 2 nitrogen and oxygen atoms in total. The lowest BCUT2D eigenvalue weighted by atomic mass is 10.5. The standard InChI is InChI=1S/C6H2ClNO/c7-4-2-8-1-3-5(4)6(3)9/h1-2H. The Morgan fingerprint density at radius 1 is 1.44 bits per heavy atom. The Hall–Kier alpha value is -0.890. The molecule has 0 amide bonds. The van der Waals surface area contributed by atoms with Crippen LogP contribution in [0.4, 0.5) is 0 Å². The molecule has 44 valence electrons. The molecule has 0 N–H and O–H groups in total. The molecule has 0 unspecified atom stereocenters. The molecule has 2 rings (SSSR count). The minimum Gasteiger partial charge on any atom is -0.288 e. The summed E-state index contributed by atoms with van der Waals surface area (Å²) in [6, 6.07) is 0. The van der Waals surface area contributed by atoms with Crippen LogP contribution in [0.25, 0.3) is 10.8 Å². The van der Waals surface area contributed by atoms with Gasteiger partial charge in [-0.1, -0.05) is 11.6 Å². The summed E-state index contributed by atoms with van der Waals surface area (Å²) in [7, 11) is 0. The van der Waals surface area contributed by atoms with Gasteiger partial charge in [-0.15, -0.1) is 0 Å². The van der Waals surface area contributed by atoms with E-state index in [1.54, 1.807) is 0 Å². The fraction of sp³-hybridized carbons (Fsp3) is 0. The lowest BCUT2D eigenvalue weighted by Crippen LogP contribution is -1.67. The first-order valence-corrected chi connectivity index (χ1v) is 2.86. The number of hydrogen-bond acceptors (Lipinski definition) is 2. The molecule has 1 heterocycles. The van der Waals surface area contributed by atoms with Crippen LogP contribution >= 0.6 is 11.6 Å². The van der Waals surface area contributed by atoms with E-state index in [1.807, 2.05) is 0 Å². The monoisotopic (exact) mass is 139 g/mol.